The number of aromatic nitrogens is 5. The van der Waals surface area contributed by atoms with Crippen molar-refractivity contribution in [2.24, 2.45) is 7.05 Å². The first-order valence-electron chi connectivity index (χ1n) is 10.2. The molecule has 8 nitrogen and oxygen atoms in total. The van der Waals surface area contributed by atoms with Crippen molar-refractivity contribution in [2.75, 3.05) is 25.5 Å². The van der Waals surface area contributed by atoms with Crippen LogP contribution in [0.4, 0.5) is 5.82 Å². The standard InChI is InChI=1S/C22H25N7O/c1-27(2)19-11-10-15(13-23-19)21-25-22(30-26-21)18-9-6-12-29(18)14-20-24-16-7-4-5-8-17(16)28(20)3/h4-5,7-8,10-11,13,18H,6,9,12,14H2,1-3H3/t18-/m0/s1. The van der Waals surface area contributed by atoms with Gasteiger partial charge in [0.2, 0.25) is 11.7 Å². The number of pyridine rings is 1. The average molecular weight is 403 g/mol. The SMILES string of the molecule is CN(C)c1ccc(-c2noc([C@@H]3CCCN3Cc3nc4ccccc4n3C)n2)cn1. The van der Waals surface area contributed by atoms with Gasteiger partial charge in [-0.2, -0.15) is 4.98 Å². The number of imidazole rings is 1. The molecule has 1 aliphatic rings. The molecule has 0 spiro atoms. The molecule has 0 amide bonds. The Morgan fingerprint density at radius 3 is 2.77 bits per heavy atom. The number of rotatable bonds is 5. The maximum atomic E-state index is 5.67. The minimum atomic E-state index is 0.111. The van der Waals surface area contributed by atoms with E-state index in [0.29, 0.717) is 11.7 Å². The van der Waals surface area contributed by atoms with E-state index in [1.54, 1.807) is 6.20 Å². The van der Waals surface area contributed by atoms with Crippen molar-refractivity contribution in [1.29, 1.82) is 0 Å². The first kappa shape index (κ1) is 18.7. The average Bonchev–Trinajstić information content (AvgIpc) is 3.48. The number of aryl methyl sites for hydroxylation is 1. The van der Waals surface area contributed by atoms with Gasteiger partial charge in [-0.05, 0) is 43.7 Å². The molecule has 1 aromatic carbocycles. The van der Waals surface area contributed by atoms with Crippen LogP contribution in [0.1, 0.15) is 30.6 Å². The molecule has 1 aliphatic heterocycles. The summed E-state index contributed by atoms with van der Waals surface area (Å²) in [6.07, 6.45) is 3.89. The number of fused-ring (bicyclic) bond motifs is 1. The van der Waals surface area contributed by atoms with E-state index in [9.17, 15) is 0 Å². The Balaban J connectivity index is 1.37. The van der Waals surface area contributed by atoms with Gasteiger partial charge >= 0.3 is 0 Å². The fraction of sp³-hybridized carbons (Fsp3) is 0.364. The highest BCUT2D eigenvalue weighted by Crippen LogP contribution is 2.33. The van der Waals surface area contributed by atoms with Crippen LogP contribution in [0.2, 0.25) is 0 Å². The second-order valence-corrected chi connectivity index (χ2v) is 7.96. The third-order valence-corrected chi connectivity index (χ3v) is 5.78. The second-order valence-electron chi connectivity index (χ2n) is 7.96. The molecule has 0 unspecified atom stereocenters. The van der Waals surface area contributed by atoms with Gasteiger partial charge in [-0.3, -0.25) is 4.90 Å². The summed E-state index contributed by atoms with van der Waals surface area (Å²) in [5.41, 5.74) is 3.03. The van der Waals surface area contributed by atoms with Crippen molar-refractivity contribution in [3.8, 4) is 11.4 Å². The van der Waals surface area contributed by atoms with Gasteiger partial charge in [0.05, 0.1) is 23.6 Å². The van der Waals surface area contributed by atoms with Crippen LogP contribution in [0.3, 0.4) is 0 Å². The van der Waals surface area contributed by atoms with Crippen LogP contribution in [-0.2, 0) is 13.6 Å². The molecule has 5 rings (SSSR count). The van der Waals surface area contributed by atoms with E-state index in [1.807, 2.05) is 43.3 Å². The molecule has 0 bridgehead atoms. The molecular formula is C22H25N7O. The van der Waals surface area contributed by atoms with E-state index in [1.165, 1.54) is 0 Å². The van der Waals surface area contributed by atoms with Crippen molar-refractivity contribution >= 4 is 16.9 Å². The van der Waals surface area contributed by atoms with Gasteiger partial charge in [0.1, 0.15) is 11.6 Å². The first-order chi connectivity index (χ1) is 14.6. The summed E-state index contributed by atoms with van der Waals surface area (Å²) in [5.74, 6) is 3.19. The number of para-hydroxylation sites is 2. The Morgan fingerprint density at radius 1 is 1.13 bits per heavy atom. The van der Waals surface area contributed by atoms with E-state index in [0.717, 1.165) is 54.2 Å². The third kappa shape index (κ3) is 3.33. The van der Waals surface area contributed by atoms with E-state index in [-0.39, 0.29) is 6.04 Å². The zero-order valence-corrected chi connectivity index (χ0v) is 17.5. The van der Waals surface area contributed by atoms with Gasteiger partial charge in [0, 0.05) is 32.9 Å². The monoisotopic (exact) mass is 403 g/mol. The summed E-state index contributed by atoms with van der Waals surface area (Å²) in [4.78, 5) is 18.3. The van der Waals surface area contributed by atoms with Crippen LogP contribution in [-0.4, -0.2) is 50.2 Å². The van der Waals surface area contributed by atoms with Gasteiger partial charge < -0.3 is 14.0 Å². The fourth-order valence-corrected chi connectivity index (χ4v) is 4.08. The van der Waals surface area contributed by atoms with Gasteiger partial charge in [-0.15, -0.1) is 0 Å². The number of benzene rings is 1. The fourth-order valence-electron chi connectivity index (χ4n) is 4.08. The number of hydrogen-bond acceptors (Lipinski definition) is 7. The molecule has 0 saturated carbocycles. The van der Waals surface area contributed by atoms with Crippen LogP contribution in [0.15, 0.2) is 47.1 Å². The second kappa shape index (κ2) is 7.53. The normalized spacial score (nSPS) is 17.1. The Bertz CT molecular complexity index is 1160. The lowest BCUT2D eigenvalue weighted by atomic mass is 10.2. The van der Waals surface area contributed by atoms with E-state index in [4.69, 9.17) is 14.5 Å². The third-order valence-electron chi connectivity index (χ3n) is 5.78. The van der Waals surface area contributed by atoms with Gasteiger partial charge in [0.15, 0.2) is 0 Å². The van der Waals surface area contributed by atoms with Crippen molar-refractivity contribution < 1.29 is 4.52 Å². The zero-order valence-electron chi connectivity index (χ0n) is 17.5. The van der Waals surface area contributed by atoms with Crippen LogP contribution in [0.5, 0.6) is 0 Å². The van der Waals surface area contributed by atoms with Crippen LogP contribution >= 0.6 is 0 Å². The highest BCUT2D eigenvalue weighted by molar-refractivity contribution is 5.75. The molecular weight excluding hydrogens is 378 g/mol. The number of nitrogens with zero attached hydrogens (tertiary/aromatic N) is 7. The molecule has 0 aliphatic carbocycles. The van der Waals surface area contributed by atoms with Gasteiger partial charge in [0.25, 0.3) is 0 Å². The maximum absolute atomic E-state index is 5.67. The van der Waals surface area contributed by atoms with Crippen LogP contribution < -0.4 is 4.90 Å². The zero-order chi connectivity index (χ0) is 20.7. The maximum Gasteiger partial charge on any atom is 0.244 e. The molecule has 154 valence electrons. The lowest BCUT2D eigenvalue weighted by molar-refractivity contribution is 0.196. The van der Waals surface area contributed by atoms with E-state index in [2.05, 4.69) is 38.8 Å². The van der Waals surface area contributed by atoms with Crippen molar-refractivity contribution in [1.82, 2.24) is 29.6 Å². The summed E-state index contributed by atoms with van der Waals surface area (Å²) < 4.78 is 7.84. The molecule has 3 aromatic heterocycles. The molecule has 0 radical (unpaired) electrons. The smallest absolute Gasteiger partial charge is 0.244 e. The minimum Gasteiger partial charge on any atom is -0.363 e. The van der Waals surface area contributed by atoms with Crippen molar-refractivity contribution in [3.05, 3.63) is 54.3 Å². The summed E-state index contributed by atoms with van der Waals surface area (Å²) in [6.45, 7) is 1.75. The van der Waals surface area contributed by atoms with Crippen LogP contribution in [0.25, 0.3) is 22.4 Å². The van der Waals surface area contributed by atoms with Gasteiger partial charge in [-0.1, -0.05) is 17.3 Å². The molecule has 4 heterocycles. The number of likely N-dealkylation sites (tertiary alicyclic amines) is 1. The van der Waals surface area contributed by atoms with Crippen molar-refractivity contribution in [3.63, 3.8) is 0 Å². The summed E-state index contributed by atoms with van der Waals surface area (Å²) in [6, 6.07) is 12.3. The predicted molar refractivity (Wildman–Crippen MR) is 115 cm³/mol. The molecule has 1 saturated heterocycles. The lowest BCUT2D eigenvalue weighted by Gasteiger charge is -2.20. The number of hydrogen-bond donors (Lipinski definition) is 0. The molecule has 30 heavy (non-hydrogen) atoms. The Hall–Kier alpha value is -3.26. The van der Waals surface area contributed by atoms with Gasteiger partial charge in [-0.25, -0.2) is 9.97 Å². The first-order valence-corrected chi connectivity index (χ1v) is 10.2. The highest BCUT2D eigenvalue weighted by atomic mass is 16.5. The topological polar surface area (TPSA) is 76.1 Å². The Morgan fingerprint density at radius 2 is 2.00 bits per heavy atom. The summed E-state index contributed by atoms with van der Waals surface area (Å²) in [5, 5.41) is 4.21. The minimum absolute atomic E-state index is 0.111. The summed E-state index contributed by atoms with van der Waals surface area (Å²) >= 11 is 0. The summed E-state index contributed by atoms with van der Waals surface area (Å²) in [7, 11) is 6.01. The van der Waals surface area contributed by atoms with E-state index < -0.39 is 0 Å². The molecule has 8 heteroatoms. The van der Waals surface area contributed by atoms with E-state index >= 15 is 0 Å². The predicted octanol–water partition coefficient (Wildman–Crippen LogP) is 3.42. The number of anilines is 1. The van der Waals surface area contributed by atoms with Crippen molar-refractivity contribution in [2.45, 2.75) is 25.4 Å². The molecule has 0 N–H and O–H groups in total. The quantitative estimate of drug-likeness (QED) is 0.505. The molecule has 1 fully saturated rings. The largest absolute Gasteiger partial charge is 0.363 e. The molecule has 4 aromatic rings. The highest BCUT2D eigenvalue weighted by Gasteiger charge is 2.31. The van der Waals surface area contributed by atoms with Crippen LogP contribution in [0, 0.1) is 0 Å². The Labute approximate surface area is 175 Å². The molecule has 1 atom stereocenters. The Kier molecular flexibility index (Phi) is 4.71. The lowest BCUT2D eigenvalue weighted by Crippen LogP contribution is -2.24.